The minimum Gasteiger partial charge on any atom is -0.466 e. The molecule has 2 aromatic heterocycles. The first kappa shape index (κ1) is 51.1. The maximum Gasteiger partial charge on any atom is 0.306 e. The van der Waals surface area contributed by atoms with Gasteiger partial charge >= 0.3 is 5.97 Å². The van der Waals surface area contributed by atoms with E-state index < -0.39 is 5.92 Å². The Morgan fingerprint density at radius 3 is 1.26 bits per heavy atom. The molecule has 2 saturated heterocycles. The highest BCUT2D eigenvalue weighted by atomic mass is 16.7. The quantitative estimate of drug-likeness (QED) is 0.0520. The molecule has 0 atom stereocenters. The molecule has 2 N–H and O–H groups in total. The molecule has 0 radical (unpaired) electrons. The van der Waals surface area contributed by atoms with Gasteiger partial charge in [-0.1, -0.05) is 104 Å². The van der Waals surface area contributed by atoms with E-state index in [-0.39, 0.29) is 46.4 Å². The van der Waals surface area contributed by atoms with E-state index in [1.165, 1.54) is 73.7 Å². The van der Waals surface area contributed by atoms with Crippen molar-refractivity contribution >= 4 is 5.97 Å². The van der Waals surface area contributed by atoms with Gasteiger partial charge in [-0.2, -0.15) is 19.6 Å². The lowest BCUT2D eigenvalue weighted by atomic mass is 9.70. The topological polar surface area (TPSA) is 102 Å². The van der Waals surface area contributed by atoms with Gasteiger partial charge in [0.15, 0.2) is 0 Å². The highest BCUT2D eigenvalue weighted by Gasteiger charge is 2.50. The molecule has 2 aliphatic rings. The van der Waals surface area contributed by atoms with Gasteiger partial charge in [0.25, 0.3) is 0 Å². The number of hydrogen-bond donors (Lipinski definition) is 2. The lowest BCUT2D eigenvalue weighted by molar-refractivity contribution is -0.283. The second kappa shape index (κ2) is 23.4. The van der Waals surface area contributed by atoms with Gasteiger partial charge in [0.05, 0.1) is 43.5 Å². The van der Waals surface area contributed by atoms with Crippen LogP contribution in [0.1, 0.15) is 251 Å². The van der Waals surface area contributed by atoms with Crippen LogP contribution in [0.4, 0.5) is 0 Å². The van der Waals surface area contributed by atoms with Gasteiger partial charge in [0.1, 0.15) is 0 Å². The highest BCUT2D eigenvalue weighted by molar-refractivity contribution is 5.71. The molecule has 2 fully saturated rings. The van der Waals surface area contributed by atoms with Gasteiger partial charge in [-0.15, -0.1) is 0 Å². The lowest BCUT2D eigenvalue weighted by Gasteiger charge is -2.54. The Balaban J connectivity index is 1.64. The number of esters is 1. The zero-order chi connectivity index (χ0) is 44.8. The number of ether oxygens (including phenoxy) is 1. The number of carbonyl (C=O) groups excluding carboxylic acids is 1. The number of nitrogens with zero attached hydrogens (tertiary/aromatic N) is 4. The SMILES string of the molecule is CCCCCCCCON1C(C)(C)CC(c2ccn(O)c2C(CC(=O)OCCCCCC)c2c(C3CC(C)(C)N(OCCCCCCCC)C(C)(C)C3)ccn2O)CC1(C)C. The summed E-state index contributed by atoms with van der Waals surface area (Å²) >= 11 is 0. The van der Waals surface area contributed by atoms with Crippen LogP contribution in [0, 0.1) is 0 Å². The van der Waals surface area contributed by atoms with Gasteiger partial charge in [0, 0.05) is 34.5 Å². The Morgan fingerprint density at radius 1 is 0.557 bits per heavy atom. The van der Waals surface area contributed by atoms with E-state index in [1.54, 1.807) is 12.4 Å². The summed E-state index contributed by atoms with van der Waals surface area (Å²) in [6, 6.07) is 4.05. The third-order valence-electron chi connectivity index (χ3n) is 13.7. The summed E-state index contributed by atoms with van der Waals surface area (Å²) < 4.78 is 8.32. The molecule has 0 spiro atoms. The van der Waals surface area contributed by atoms with Crippen LogP contribution in [0.5, 0.6) is 0 Å². The van der Waals surface area contributed by atoms with Crippen LogP contribution in [-0.4, -0.2) is 77.9 Å². The molecule has 0 amide bonds. The number of hydrogen-bond acceptors (Lipinski definition) is 8. The predicted octanol–water partition coefficient (Wildman–Crippen LogP) is 13.5. The van der Waals surface area contributed by atoms with Crippen molar-refractivity contribution < 1.29 is 29.6 Å². The minimum atomic E-state index is -0.644. The smallest absolute Gasteiger partial charge is 0.306 e. The van der Waals surface area contributed by atoms with Crippen LogP contribution in [0.15, 0.2) is 24.5 Å². The molecular weight excluding hydrogens is 765 g/mol. The van der Waals surface area contributed by atoms with Gasteiger partial charge < -0.3 is 15.2 Å². The Morgan fingerprint density at radius 2 is 0.885 bits per heavy atom. The number of rotatable bonds is 27. The van der Waals surface area contributed by atoms with Crippen LogP contribution < -0.4 is 0 Å². The number of hydroxylamine groups is 4. The summed E-state index contributed by atoms with van der Waals surface area (Å²) in [4.78, 5) is 27.1. The van der Waals surface area contributed by atoms with Crippen LogP contribution in [0.3, 0.4) is 0 Å². The molecule has 2 aliphatic heterocycles. The fourth-order valence-corrected chi connectivity index (χ4v) is 11.3. The molecule has 4 heterocycles. The Bertz CT molecular complexity index is 1450. The summed E-state index contributed by atoms with van der Waals surface area (Å²) in [5.74, 6) is -0.817. The van der Waals surface area contributed by atoms with Crippen LogP contribution in [-0.2, 0) is 19.2 Å². The number of unbranched alkanes of at least 4 members (excludes halogenated alkanes) is 13. The van der Waals surface area contributed by atoms with Crippen molar-refractivity contribution in [2.45, 2.75) is 251 Å². The molecule has 2 aromatic rings. The van der Waals surface area contributed by atoms with Crippen LogP contribution in [0.25, 0.3) is 0 Å². The molecule has 10 heteroatoms. The third-order valence-corrected chi connectivity index (χ3v) is 13.7. The van der Waals surface area contributed by atoms with E-state index in [2.05, 4.69) is 86.3 Å². The number of aromatic nitrogens is 2. The van der Waals surface area contributed by atoms with Gasteiger partial charge in [-0.05, 0) is 135 Å². The van der Waals surface area contributed by atoms with Gasteiger partial charge in [0.2, 0.25) is 0 Å². The molecule has 0 aromatic carbocycles. The van der Waals surface area contributed by atoms with E-state index >= 15 is 0 Å². The molecule has 0 aliphatic carbocycles. The highest BCUT2D eigenvalue weighted by Crippen LogP contribution is 2.51. The zero-order valence-electron chi connectivity index (χ0n) is 40.8. The fourth-order valence-electron chi connectivity index (χ4n) is 11.3. The van der Waals surface area contributed by atoms with E-state index in [9.17, 15) is 15.2 Å². The van der Waals surface area contributed by atoms with Crippen molar-refractivity contribution in [3.8, 4) is 0 Å². The molecule has 10 nitrogen and oxygen atoms in total. The summed E-state index contributed by atoms with van der Waals surface area (Å²) in [6.07, 6.45) is 25.3. The van der Waals surface area contributed by atoms with E-state index in [0.717, 1.165) is 75.3 Å². The minimum absolute atomic E-state index is 0.00290. The first-order chi connectivity index (χ1) is 28.9. The van der Waals surface area contributed by atoms with E-state index in [1.807, 2.05) is 12.1 Å². The van der Waals surface area contributed by atoms with Crippen LogP contribution in [0.2, 0.25) is 0 Å². The van der Waals surface area contributed by atoms with E-state index in [4.69, 9.17) is 14.4 Å². The van der Waals surface area contributed by atoms with Gasteiger partial charge in [-0.25, -0.2) is 0 Å². The Labute approximate surface area is 371 Å². The normalized spacial score (nSPS) is 19.5. The summed E-state index contributed by atoms with van der Waals surface area (Å²) in [5.41, 5.74) is 2.14. The standard InChI is InChI=1S/C51H90N4O6/c1-12-15-18-21-23-26-33-60-54-48(4,5)36-40(37-49(54,6)7)42-28-30-52(57)46(42)44(35-45(56)59-32-25-20-17-14-3)47-43(29-31-53(47)58)41-38-50(8,9)55(51(10,11)39-41)61-34-27-24-22-19-16-13-2/h28-31,40-41,44,57-58H,12-27,32-39H2,1-11H3. The molecule has 0 bridgehead atoms. The summed E-state index contributed by atoms with van der Waals surface area (Å²) in [6.45, 7) is 26.5. The first-order valence-electron chi connectivity index (χ1n) is 24.7. The van der Waals surface area contributed by atoms with Crippen molar-refractivity contribution in [1.82, 2.24) is 19.6 Å². The van der Waals surface area contributed by atoms with Crippen LogP contribution >= 0.6 is 0 Å². The molecule has 0 saturated carbocycles. The van der Waals surface area contributed by atoms with E-state index in [0.29, 0.717) is 31.2 Å². The second-order valence-electron chi connectivity index (χ2n) is 21.3. The largest absolute Gasteiger partial charge is 0.466 e. The summed E-state index contributed by atoms with van der Waals surface area (Å²) in [7, 11) is 0. The first-order valence-corrected chi connectivity index (χ1v) is 24.7. The van der Waals surface area contributed by atoms with Crippen molar-refractivity contribution in [3.63, 3.8) is 0 Å². The molecule has 61 heavy (non-hydrogen) atoms. The Hall–Kier alpha value is -2.53. The lowest BCUT2D eigenvalue weighted by Crippen LogP contribution is -2.60. The zero-order valence-corrected chi connectivity index (χ0v) is 40.8. The predicted molar refractivity (Wildman–Crippen MR) is 247 cm³/mol. The maximum absolute atomic E-state index is 13.9. The van der Waals surface area contributed by atoms with Gasteiger partial charge in [-0.3, -0.25) is 14.5 Å². The Kier molecular flexibility index (Phi) is 19.6. The average molecular weight is 855 g/mol. The monoisotopic (exact) mass is 855 g/mol. The maximum atomic E-state index is 13.9. The summed E-state index contributed by atoms with van der Waals surface area (Å²) in [5, 5.41) is 28.1. The fraction of sp³-hybridized carbons (Fsp3) is 0.824. The second-order valence-corrected chi connectivity index (χ2v) is 21.3. The van der Waals surface area contributed by atoms with Crippen molar-refractivity contribution in [2.75, 3.05) is 19.8 Å². The number of carbonyl (C=O) groups is 1. The molecule has 350 valence electrons. The molecule has 0 unspecified atom stereocenters. The van der Waals surface area contributed by atoms with Crippen molar-refractivity contribution in [3.05, 3.63) is 47.0 Å². The number of piperidine rings is 2. The molecule has 4 rings (SSSR count). The van der Waals surface area contributed by atoms with Crippen molar-refractivity contribution in [1.29, 1.82) is 0 Å². The van der Waals surface area contributed by atoms with Crippen molar-refractivity contribution in [2.24, 2.45) is 0 Å². The average Bonchev–Trinajstić information content (AvgIpc) is 3.75. The molecular formula is C51H90N4O6. The third kappa shape index (κ3) is 14.0.